The lowest BCUT2D eigenvalue weighted by Crippen LogP contribution is -2.44. The number of methoxy groups -OCH3 is 1. The third-order valence-corrected chi connectivity index (χ3v) is 9.06. The van der Waals surface area contributed by atoms with E-state index in [0.29, 0.717) is 48.1 Å². The zero-order chi connectivity index (χ0) is 26.4. The molecule has 1 unspecified atom stereocenters. The van der Waals surface area contributed by atoms with Crippen molar-refractivity contribution in [3.8, 4) is 5.75 Å². The van der Waals surface area contributed by atoms with Gasteiger partial charge in [0.15, 0.2) is 0 Å². The Kier molecular flexibility index (Phi) is 9.32. The maximum absolute atomic E-state index is 15.6. The van der Waals surface area contributed by atoms with Crippen molar-refractivity contribution in [2.75, 3.05) is 32.5 Å². The molecule has 4 rings (SSSR count). The summed E-state index contributed by atoms with van der Waals surface area (Å²) in [5, 5.41) is 11.0. The Bertz CT molecular complexity index is 1230. The molecule has 37 heavy (non-hydrogen) atoms. The minimum absolute atomic E-state index is 0.0927. The number of hydrogen-bond acceptors (Lipinski definition) is 5. The molecule has 1 N–H and O–H groups in total. The molecule has 1 fully saturated rings. The number of thioether (sulfide) groups is 1. The van der Waals surface area contributed by atoms with Crippen LogP contribution in [0.1, 0.15) is 49.4 Å². The van der Waals surface area contributed by atoms with Crippen molar-refractivity contribution in [3.05, 3.63) is 64.8 Å². The van der Waals surface area contributed by atoms with Crippen LogP contribution in [0.2, 0.25) is 5.02 Å². The van der Waals surface area contributed by atoms with Crippen molar-refractivity contribution >= 4 is 40.2 Å². The summed E-state index contributed by atoms with van der Waals surface area (Å²) >= 11 is 8.24. The van der Waals surface area contributed by atoms with E-state index in [4.69, 9.17) is 16.3 Å². The van der Waals surface area contributed by atoms with Crippen LogP contribution in [0.15, 0.2) is 53.6 Å². The number of pyridine rings is 1. The summed E-state index contributed by atoms with van der Waals surface area (Å²) in [7, 11) is 1.55. The van der Waals surface area contributed by atoms with Crippen LogP contribution in [-0.2, 0) is 4.79 Å². The monoisotopic (exact) mass is 544 g/mol. The number of carboxylic acid groups (broad SMARTS) is 1. The van der Waals surface area contributed by atoms with Gasteiger partial charge in [-0.3, -0.25) is 9.78 Å². The molecule has 8 heteroatoms. The molecule has 0 spiro atoms. The number of piperidine rings is 1. The molecule has 198 valence electrons. The molecule has 0 aliphatic carbocycles. The number of benzene rings is 2. The lowest BCUT2D eigenvalue weighted by atomic mass is 9.74. The highest BCUT2D eigenvalue weighted by Gasteiger charge is 2.41. The topological polar surface area (TPSA) is 62.7 Å². The average Bonchev–Trinajstić information content (AvgIpc) is 2.90. The molecule has 3 aromatic rings. The van der Waals surface area contributed by atoms with Crippen molar-refractivity contribution in [1.82, 2.24) is 9.88 Å². The summed E-state index contributed by atoms with van der Waals surface area (Å²) in [6.45, 7) is 4.51. The Morgan fingerprint density at radius 2 is 2.03 bits per heavy atom. The summed E-state index contributed by atoms with van der Waals surface area (Å²) in [6.07, 6.45) is 2.53. The molecular formula is C29H34ClFN2O3S. The number of alkyl halides is 1. The molecule has 2 aromatic carbocycles. The highest BCUT2D eigenvalue weighted by Crippen LogP contribution is 2.42. The second-order valence-electron chi connectivity index (χ2n) is 9.80. The molecule has 1 aliphatic heterocycles. The van der Waals surface area contributed by atoms with Crippen LogP contribution >= 0.6 is 23.4 Å². The zero-order valence-corrected chi connectivity index (χ0v) is 23.0. The minimum Gasteiger partial charge on any atom is -0.497 e. The number of rotatable bonds is 11. The molecule has 1 saturated heterocycles. The zero-order valence-electron chi connectivity index (χ0n) is 21.4. The smallest absolute Gasteiger partial charge is 0.309 e. The first kappa shape index (κ1) is 27.7. The van der Waals surface area contributed by atoms with E-state index < -0.39 is 17.6 Å². The number of likely N-dealkylation sites (tertiary alicyclic amines) is 1. The van der Waals surface area contributed by atoms with Crippen LogP contribution < -0.4 is 4.74 Å². The summed E-state index contributed by atoms with van der Waals surface area (Å²) in [5.41, 5.74) is 1.37. The normalized spacial score (nSPS) is 16.5. The lowest BCUT2D eigenvalue weighted by molar-refractivity contribution is -0.153. The van der Waals surface area contributed by atoms with Gasteiger partial charge in [-0.05, 0) is 94.2 Å². The molecular weight excluding hydrogens is 511 g/mol. The fraction of sp³-hybridized carbons (Fsp3) is 0.448. The van der Waals surface area contributed by atoms with Gasteiger partial charge in [0.1, 0.15) is 11.9 Å². The van der Waals surface area contributed by atoms with Gasteiger partial charge in [-0.1, -0.05) is 29.8 Å². The van der Waals surface area contributed by atoms with Gasteiger partial charge in [-0.15, -0.1) is 11.8 Å². The number of nitrogens with zero attached hydrogens (tertiary/aromatic N) is 2. The number of halogens is 2. The van der Waals surface area contributed by atoms with Crippen molar-refractivity contribution in [1.29, 1.82) is 0 Å². The van der Waals surface area contributed by atoms with E-state index in [-0.39, 0.29) is 17.9 Å². The lowest BCUT2D eigenvalue weighted by Gasteiger charge is -2.39. The van der Waals surface area contributed by atoms with Crippen molar-refractivity contribution in [2.45, 2.75) is 50.1 Å². The third-order valence-electron chi connectivity index (χ3n) is 7.49. The summed E-state index contributed by atoms with van der Waals surface area (Å²) in [6, 6.07) is 13.7. The second-order valence-corrected chi connectivity index (χ2v) is 11.3. The van der Waals surface area contributed by atoms with Gasteiger partial charge < -0.3 is 14.7 Å². The summed E-state index contributed by atoms with van der Waals surface area (Å²) in [5.74, 6) is 0.791. The Hall–Kier alpha value is -2.35. The Morgan fingerprint density at radius 3 is 2.73 bits per heavy atom. The first-order valence-electron chi connectivity index (χ1n) is 12.7. The van der Waals surface area contributed by atoms with Crippen LogP contribution in [0.4, 0.5) is 4.39 Å². The van der Waals surface area contributed by atoms with Gasteiger partial charge in [0.05, 0.1) is 23.1 Å². The molecule has 2 heterocycles. The molecule has 0 amide bonds. The summed E-state index contributed by atoms with van der Waals surface area (Å²) < 4.78 is 20.9. The Morgan fingerprint density at radius 1 is 1.27 bits per heavy atom. The molecule has 0 saturated carbocycles. The number of carbonyl (C=O) groups is 1. The van der Waals surface area contributed by atoms with Crippen molar-refractivity contribution in [3.63, 3.8) is 0 Å². The Labute approximate surface area is 227 Å². The fourth-order valence-electron chi connectivity index (χ4n) is 5.12. The number of fused-ring (bicyclic) bond motifs is 1. The number of aromatic nitrogens is 1. The maximum Gasteiger partial charge on any atom is 0.309 e. The second kappa shape index (κ2) is 12.5. The van der Waals surface area contributed by atoms with Crippen LogP contribution in [0.5, 0.6) is 5.75 Å². The van der Waals surface area contributed by atoms with Gasteiger partial charge >= 0.3 is 5.97 Å². The van der Waals surface area contributed by atoms with E-state index in [1.54, 1.807) is 25.3 Å². The predicted molar refractivity (Wildman–Crippen MR) is 149 cm³/mol. The van der Waals surface area contributed by atoms with Crippen molar-refractivity contribution < 1.29 is 19.0 Å². The van der Waals surface area contributed by atoms with Gasteiger partial charge in [0.25, 0.3) is 0 Å². The molecule has 1 aromatic heterocycles. The minimum atomic E-state index is -1.39. The van der Waals surface area contributed by atoms with Gasteiger partial charge in [-0.25, -0.2) is 4.39 Å². The standard InChI is InChI=1S/C29H34ClFN2O3S/c1-20-6-3-4-7-26(20)37-17-5-14-33-15-12-29(13-16-33,28(34)35)11-10-24(31)27-22-18-21(36-2)8-9-25(22)32-19-23(27)30/h3-4,6-9,18-19,24H,5,10-17H2,1-2H3,(H,34,35). The first-order valence-corrected chi connectivity index (χ1v) is 14.1. The SMILES string of the molecule is COc1ccc2ncc(Cl)c(C(F)CCC3(C(=O)O)CCN(CCCSc4ccccc4C)CC3)c2c1. The number of hydrogen-bond donors (Lipinski definition) is 1. The van der Waals surface area contributed by atoms with E-state index in [1.807, 2.05) is 11.8 Å². The van der Waals surface area contributed by atoms with Crippen LogP contribution in [0.3, 0.4) is 0 Å². The largest absolute Gasteiger partial charge is 0.497 e. The Balaban J connectivity index is 1.33. The van der Waals surface area contributed by atoms with Gasteiger partial charge in [-0.2, -0.15) is 0 Å². The average molecular weight is 545 g/mol. The van der Waals surface area contributed by atoms with E-state index >= 15 is 4.39 Å². The van der Waals surface area contributed by atoms with Gasteiger partial charge in [0.2, 0.25) is 0 Å². The quantitative estimate of drug-likeness (QED) is 0.201. The number of ether oxygens (including phenoxy) is 1. The summed E-state index contributed by atoms with van der Waals surface area (Å²) in [4.78, 5) is 20.3. The van der Waals surface area contributed by atoms with E-state index in [2.05, 4.69) is 41.1 Å². The molecule has 5 nitrogen and oxygen atoms in total. The fourth-order valence-corrected chi connectivity index (χ4v) is 6.36. The highest BCUT2D eigenvalue weighted by atomic mass is 35.5. The molecule has 1 aliphatic rings. The van der Waals surface area contributed by atoms with E-state index in [0.717, 1.165) is 18.7 Å². The van der Waals surface area contributed by atoms with Gasteiger partial charge in [0, 0.05) is 22.0 Å². The third kappa shape index (κ3) is 6.57. The van der Waals surface area contributed by atoms with Crippen LogP contribution in [-0.4, -0.2) is 53.5 Å². The molecule has 0 bridgehead atoms. The highest BCUT2D eigenvalue weighted by molar-refractivity contribution is 7.99. The predicted octanol–water partition coefficient (Wildman–Crippen LogP) is 7.35. The first-order chi connectivity index (χ1) is 17.8. The van der Waals surface area contributed by atoms with Crippen molar-refractivity contribution in [2.24, 2.45) is 5.41 Å². The number of aliphatic carboxylic acids is 1. The number of aryl methyl sites for hydroxylation is 1. The molecule has 1 atom stereocenters. The van der Waals surface area contributed by atoms with Crippen LogP contribution in [0.25, 0.3) is 10.9 Å². The van der Waals surface area contributed by atoms with E-state index in [1.165, 1.54) is 16.7 Å². The molecule has 0 radical (unpaired) electrons. The van der Waals surface area contributed by atoms with Crippen LogP contribution in [0, 0.1) is 12.3 Å². The maximum atomic E-state index is 15.6. The van der Waals surface area contributed by atoms with E-state index in [9.17, 15) is 9.90 Å². The number of carboxylic acids is 1.